The van der Waals surface area contributed by atoms with Gasteiger partial charge < -0.3 is 10.5 Å². The van der Waals surface area contributed by atoms with Gasteiger partial charge in [0.2, 0.25) is 0 Å². The lowest BCUT2D eigenvalue weighted by molar-refractivity contribution is 0.0506. The summed E-state index contributed by atoms with van der Waals surface area (Å²) in [6.07, 6.45) is 13.0. The molecule has 0 heterocycles. The molecule has 0 fully saturated rings. The van der Waals surface area contributed by atoms with Crippen molar-refractivity contribution in [2.24, 2.45) is 11.7 Å². The molecule has 0 amide bonds. The number of methoxy groups -OCH3 is 1. The molecule has 3 heteroatoms. The highest BCUT2D eigenvalue weighted by Crippen LogP contribution is 2.12. The summed E-state index contributed by atoms with van der Waals surface area (Å²) < 4.78 is 5.26. The first kappa shape index (κ1) is 17.6. The van der Waals surface area contributed by atoms with Crippen LogP contribution in [-0.2, 0) is 4.74 Å². The number of nitriles is 1. The Bertz CT molecular complexity index is 332. The molecule has 1 aliphatic rings. The van der Waals surface area contributed by atoms with Crippen LogP contribution < -0.4 is 5.73 Å². The van der Waals surface area contributed by atoms with Gasteiger partial charge in [-0.15, -0.1) is 0 Å². The molecule has 1 rings (SSSR count). The summed E-state index contributed by atoms with van der Waals surface area (Å²) in [5.41, 5.74) is 6.28. The molecule has 2 N–H and O–H groups in total. The van der Waals surface area contributed by atoms with E-state index in [-0.39, 0.29) is 0 Å². The summed E-state index contributed by atoms with van der Waals surface area (Å²) in [6.45, 7) is 5.02. The van der Waals surface area contributed by atoms with Crippen LogP contribution in [0.25, 0.3) is 0 Å². The second kappa shape index (κ2) is 11.7. The number of allylic oxidation sites excluding steroid dienone is 6. The van der Waals surface area contributed by atoms with Gasteiger partial charge in [0, 0.05) is 7.11 Å². The Labute approximate surface area is 117 Å². The van der Waals surface area contributed by atoms with Crippen molar-refractivity contribution >= 4 is 0 Å². The van der Waals surface area contributed by atoms with E-state index < -0.39 is 0 Å². The van der Waals surface area contributed by atoms with Gasteiger partial charge >= 0.3 is 0 Å². The van der Waals surface area contributed by atoms with E-state index >= 15 is 0 Å². The molecule has 0 aromatic heterocycles. The monoisotopic (exact) mass is 262 g/mol. The fourth-order valence-electron chi connectivity index (χ4n) is 1.93. The van der Waals surface area contributed by atoms with Gasteiger partial charge in [0.25, 0.3) is 0 Å². The van der Waals surface area contributed by atoms with Crippen LogP contribution in [0.2, 0.25) is 0 Å². The molecular formula is C16H26N2O. The minimum absolute atomic E-state index is 0.356. The molecule has 0 aromatic rings. The van der Waals surface area contributed by atoms with Gasteiger partial charge in [-0.2, -0.15) is 5.26 Å². The van der Waals surface area contributed by atoms with Gasteiger partial charge in [0.1, 0.15) is 0 Å². The number of nitrogens with zero attached hydrogens (tertiary/aromatic N) is 1. The zero-order valence-corrected chi connectivity index (χ0v) is 12.3. The van der Waals surface area contributed by atoms with Crippen molar-refractivity contribution in [3.05, 3.63) is 36.0 Å². The largest absolute Gasteiger partial charge is 0.381 e. The van der Waals surface area contributed by atoms with Gasteiger partial charge in [0.15, 0.2) is 0 Å². The lowest BCUT2D eigenvalue weighted by Crippen LogP contribution is -2.28. The molecule has 0 radical (unpaired) electrons. The Morgan fingerprint density at radius 1 is 1.37 bits per heavy atom. The van der Waals surface area contributed by atoms with Crippen molar-refractivity contribution in [2.75, 3.05) is 13.7 Å². The molecule has 0 saturated heterocycles. The number of ether oxygens (including phenoxy) is 1. The van der Waals surface area contributed by atoms with Crippen molar-refractivity contribution in [3.63, 3.8) is 0 Å². The maximum atomic E-state index is 8.41. The van der Waals surface area contributed by atoms with Gasteiger partial charge in [-0.25, -0.2) is 0 Å². The molecule has 0 bridgehead atoms. The van der Waals surface area contributed by atoms with Crippen LogP contribution in [0.5, 0.6) is 0 Å². The summed E-state index contributed by atoms with van der Waals surface area (Å²) in [6, 6.07) is 2.07. The van der Waals surface area contributed by atoms with Gasteiger partial charge in [-0.05, 0) is 43.9 Å². The molecule has 0 aliphatic heterocycles. The van der Waals surface area contributed by atoms with Gasteiger partial charge in [-0.3, -0.25) is 0 Å². The van der Waals surface area contributed by atoms with E-state index in [9.17, 15) is 0 Å². The van der Waals surface area contributed by atoms with Crippen molar-refractivity contribution < 1.29 is 4.74 Å². The zero-order chi connectivity index (χ0) is 14.5. The summed E-state index contributed by atoms with van der Waals surface area (Å²) in [5, 5.41) is 8.41. The standard InChI is InChI=1S/C8H19NO.C8H7N/c1-4-7(6-9)8(5-2)10-3;9-7-8-5-3-1-2-4-6-8/h7-8H,4-6,9H2,1-3H3;1,3-6H,2H2/t7-,8-;/m1./s1. The smallest absolute Gasteiger partial charge is 0.0991 e. The minimum atomic E-state index is 0.356. The number of nitrogens with two attached hydrogens (primary N) is 1. The molecule has 0 unspecified atom stereocenters. The van der Waals surface area contributed by atoms with Gasteiger partial charge in [-0.1, -0.05) is 32.1 Å². The van der Waals surface area contributed by atoms with Gasteiger partial charge in [0.05, 0.1) is 17.7 Å². The average molecular weight is 262 g/mol. The molecule has 0 spiro atoms. The van der Waals surface area contributed by atoms with Crippen LogP contribution in [0.3, 0.4) is 0 Å². The molecular weight excluding hydrogens is 236 g/mol. The van der Waals surface area contributed by atoms with E-state index in [2.05, 4.69) is 19.9 Å². The molecule has 0 saturated carbocycles. The summed E-state index contributed by atoms with van der Waals surface area (Å²) in [5.74, 6) is 0.537. The number of hydrogen-bond donors (Lipinski definition) is 1. The Morgan fingerprint density at radius 3 is 2.53 bits per heavy atom. The third-order valence-corrected chi connectivity index (χ3v) is 3.17. The molecule has 3 nitrogen and oxygen atoms in total. The second-order valence-corrected chi connectivity index (χ2v) is 4.39. The van der Waals surface area contributed by atoms with Crippen molar-refractivity contribution in [2.45, 2.75) is 39.2 Å². The predicted molar refractivity (Wildman–Crippen MR) is 80.5 cm³/mol. The summed E-state index contributed by atoms with van der Waals surface area (Å²) in [4.78, 5) is 0. The van der Waals surface area contributed by atoms with Crippen LogP contribution in [0.1, 0.15) is 33.1 Å². The highest BCUT2D eigenvalue weighted by Gasteiger charge is 2.15. The lowest BCUT2D eigenvalue weighted by Gasteiger charge is -2.21. The van der Waals surface area contributed by atoms with Crippen LogP contribution in [0.15, 0.2) is 36.0 Å². The minimum Gasteiger partial charge on any atom is -0.381 e. The Morgan fingerprint density at radius 2 is 2.11 bits per heavy atom. The number of rotatable bonds is 5. The Balaban J connectivity index is 0.000000342. The van der Waals surface area contributed by atoms with Crippen LogP contribution >= 0.6 is 0 Å². The van der Waals surface area contributed by atoms with E-state index in [0.717, 1.165) is 31.4 Å². The van der Waals surface area contributed by atoms with E-state index in [1.807, 2.05) is 30.4 Å². The SMILES string of the molecule is CC[C@H](CN)[C@@H](CC)OC.N#CC1=CC=CCC=C1. The molecule has 19 heavy (non-hydrogen) atoms. The second-order valence-electron chi connectivity index (χ2n) is 4.39. The van der Waals surface area contributed by atoms with Crippen molar-refractivity contribution in [3.8, 4) is 6.07 Å². The van der Waals surface area contributed by atoms with E-state index in [0.29, 0.717) is 12.0 Å². The Kier molecular flexibility index (Phi) is 10.9. The normalized spacial score (nSPS) is 16.5. The third-order valence-electron chi connectivity index (χ3n) is 3.17. The zero-order valence-electron chi connectivity index (χ0n) is 12.3. The predicted octanol–water partition coefficient (Wildman–Crippen LogP) is 3.35. The number of hydrogen-bond acceptors (Lipinski definition) is 3. The Hall–Kier alpha value is -1.37. The molecule has 0 aromatic carbocycles. The van der Waals surface area contributed by atoms with Crippen LogP contribution in [0, 0.1) is 17.2 Å². The third kappa shape index (κ3) is 7.61. The maximum absolute atomic E-state index is 8.41. The fraction of sp³-hybridized carbons (Fsp3) is 0.562. The van der Waals surface area contributed by atoms with E-state index in [4.69, 9.17) is 15.7 Å². The summed E-state index contributed by atoms with van der Waals surface area (Å²) in [7, 11) is 1.76. The first-order valence-corrected chi connectivity index (χ1v) is 6.89. The highest BCUT2D eigenvalue weighted by atomic mass is 16.5. The first-order valence-electron chi connectivity index (χ1n) is 6.89. The topological polar surface area (TPSA) is 59.0 Å². The molecule has 1 aliphatic carbocycles. The van der Waals surface area contributed by atoms with Crippen molar-refractivity contribution in [1.82, 2.24) is 0 Å². The van der Waals surface area contributed by atoms with E-state index in [1.165, 1.54) is 0 Å². The lowest BCUT2D eigenvalue weighted by atomic mass is 9.98. The fourth-order valence-corrected chi connectivity index (χ4v) is 1.93. The van der Waals surface area contributed by atoms with Crippen molar-refractivity contribution in [1.29, 1.82) is 5.26 Å². The van der Waals surface area contributed by atoms with E-state index in [1.54, 1.807) is 7.11 Å². The van der Waals surface area contributed by atoms with Crippen LogP contribution in [0.4, 0.5) is 0 Å². The van der Waals surface area contributed by atoms with Crippen LogP contribution in [-0.4, -0.2) is 19.8 Å². The average Bonchev–Trinajstić information content (AvgIpc) is 2.73. The molecule has 106 valence electrons. The molecule has 2 atom stereocenters. The summed E-state index contributed by atoms with van der Waals surface area (Å²) >= 11 is 0. The first-order chi connectivity index (χ1) is 9.23. The quantitative estimate of drug-likeness (QED) is 0.826. The highest BCUT2D eigenvalue weighted by molar-refractivity contribution is 5.37. The maximum Gasteiger partial charge on any atom is 0.0991 e.